The SMILES string of the molecule is COCC1=NNC(=O)[C@H]1C=NCC(=O)OC. The van der Waals surface area contributed by atoms with Crippen LogP contribution in [0.3, 0.4) is 0 Å². The van der Waals surface area contributed by atoms with Crippen LogP contribution in [0.25, 0.3) is 0 Å². The summed E-state index contributed by atoms with van der Waals surface area (Å²) in [4.78, 5) is 25.9. The number of esters is 1. The molecule has 1 atom stereocenters. The number of methoxy groups -OCH3 is 2. The Morgan fingerprint density at radius 3 is 3.00 bits per heavy atom. The standard InChI is InChI=1S/C9H13N3O4/c1-15-5-7-6(9(14)12-11-7)3-10-4-8(13)16-2/h3,6H,4-5H2,1-2H3,(H,12,14)/t6-/m0/s1. The Morgan fingerprint density at radius 2 is 2.38 bits per heavy atom. The molecule has 88 valence electrons. The Morgan fingerprint density at radius 1 is 1.62 bits per heavy atom. The molecule has 7 heteroatoms. The van der Waals surface area contributed by atoms with Gasteiger partial charge < -0.3 is 9.47 Å². The van der Waals surface area contributed by atoms with Crippen LogP contribution in [0.15, 0.2) is 10.1 Å². The average Bonchev–Trinajstić information content (AvgIpc) is 2.61. The molecule has 0 aliphatic carbocycles. The summed E-state index contributed by atoms with van der Waals surface area (Å²) in [5.41, 5.74) is 2.86. The Balaban J connectivity index is 2.54. The molecule has 0 fully saturated rings. The molecule has 0 saturated carbocycles. The topological polar surface area (TPSA) is 89.4 Å². The zero-order chi connectivity index (χ0) is 12.0. The van der Waals surface area contributed by atoms with Crippen LogP contribution in [0.1, 0.15) is 0 Å². The third-order valence-corrected chi connectivity index (χ3v) is 1.95. The number of ether oxygens (including phenoxy) is 2. The van der Waals surface area contributed by atoms with Gasteiger partial charge in [0.25, 0.3) is 5.91 Å². The van der Waals surface area contributed by atoms with Gasteiger partial charge in [-0.1, -0.05) is 0 Å². The highest BCUT2D eigenvalue weighted by Gasteiger charge is 2.27. The molecule has 0 aromatic heterocycles. The molecule has 1 N–H and O–H groups in total. The first-order valence-electron chi connectivity index (χ1n) is 4.61. The van der Waals surface area contributed by atoms with Crippen molar-refractivity contribution < 1.29 is 19.1 Å². The highest BCUT2D eigenvalue weighted by atomic mass is 16.5. The molecule has 1 aliphatic rings. The molecule has 1 amide bonds. The summed E-state index contributed by atoms with van der Waals surface area (Å²) in [5.74, 6) is -1.30. The zero-order valence-corrected chi connectivity index (χ0v) is 9.10. The highest BCUT2D eigenvalue weighted by molar-refractivity contribution is 6.19. The minimum atomic E-state index is -0.565. The maximum absolute atomic E-state index is 11.3. The van der Waals surface area contributed by atoms with Crippen molar-refractivity contribution in [2.75, 3.05) is 27.4 Å². The normalized spacial score (nSPS) is 19.8. The molecule has 7 nitrogen and oxygen atoms in total. The predicted octanol–water partition coefficient (Wildman–Crippen LogP) is -1.02. The van der Waals surface area contributed by atoms with Crippen LogP contribution < -0.4 is 5.43 Å². The van der Waals surface area contributed by atoms with E-state index in [-0.39, 0.29) is 19.1 Å². The zero-order valence-electron chi connectivity index (χ0n) is 9.10. The monoisotopic (exact) mass is 227 g/mol. The molecule has 0 saturated heterocycles. The van der Waals surface area contributed by atoms with Gasteiger partial charge in [-0.3, -0.25) is 14.6 Å². The summed E-state index contributed by atoms with van der Waals surface area (Å²) < 4.78 is 9.28. The minimum absolute atomic E-state index is 0.111. The second-order valence-electron chi connectivity index (χ2n) is 3.06. The second kappa shape index (κ2) is 5.96. The number of rotatable bonds is 5. The summed E-state index contributed by atoms with van der Waals surface area (Å²) in [6, 6.07) is 0. The number of hydrazone groups is 1. The summed E-state index contributed by atoms with van der Waals surface area (Å²) in [6.45, 7) is 0.133. The van der Waals surface area contributed by atoms with Crippen LogP contribution in [0.4, 0.5) is 0 Å². The van der Waals surface area contributed by atoms with Gasteiger partial charge in [-0.25, -0.2) is 5.43 Å². The van der Waals surface area contributed by atoms with Gasteiger partial charge in [-0.05, 0) is 0 Å². The van der Waals surface area contributed by atoms with E-state index in [0.29, 0.717) is 5.71 Å². The van der Waals surface area contributed by atoms with E-state index in [1.165, 1.54) is 20.4 Å². The van der Waals surface area contributed by atoms with Crippen LogP contribution in [0, 0.1) is 5.92 Å². The molecule has 1 rings (SSSR count). The fourth-order valence-electron chi connectivity index (χ4n) is 1.14. The van der Waals surface area contributed by atoms with Gasteiger partial charge in [0, 0.05) is 13.3 Å². The first-order chi connectivity index (χ1) is 7.69. The molecule has 16 heavy (non-hydrogen) atoms. The van der Waals surface area contributed by atoms with Gasteiger partial charge in [0.2, 0.25) is 0 Å². The molecule has 1 aliphatic heterocycles. The van der Waals surface area contributed by atoms with Crippen molar-refractivity contribution in [1.82, 2.24) is 5.43 Å². The van der Waals surface area contributed by atoms with Crippen molar-refractivity contribution in [3.05, 3.63) is 0 Å². The van der Waals surface area contributed by atoms with Crippen molar-refractivity contribution in [3.63, 3.8) is 0 Å². The molecule has 0 spiro atoms. The number of nitrogens with one attached hydrogen (secondary N) is 1. The maximum Gasteiger partial charge on any atom is 0.327 e. The smallest absolute Gasteiger partial charge is 0.327 e. The minimum Gasteiger partial charge on any atom is -0.468 e. The van der Waals surface area contributed by atoms with E-state index in [2.05, 4.69) is 20.3 Å². The number of carbonyl (C=O) groups is 2. The number of amides is 1. The van der Waals surface area contributed by atoms with Gasteiger partial charge in [-0.2, -0.15) is 5.10 Å². The van der Waals surface area contributed by atoms with E-state index in [0.717, 1.165) is 0 Å². The lowest BCUT2D eigenvalue weighted by Crippen LogP contribution is -2.26. The third-order valence-electron chi connectivity index (χ3n) is 1.95. The summed E-state index contributed by atoms with van der Waals surface area (Å²) >= 11 is 0. The Labute approximate surface area is 92.5 Å². The summed E-state index contributed by atoms with van der Waals surface area (Å²) in [5, 5.41) is 3.79. The first kappa shape index (κ1) is 12.3. The van der Waals surface area contributed by atoms with E-state index < -0.39 is 11.9 Å². The molecular weight excluding hydrogens is 214 g/mol. The van der Waals surface area contributed by atoms with Crippen LogP contribution in [0.5, 0.6) is 0 Å². The quantitative estimate of drug-likeness (QED) is 0.481. The van der Waals surface area contributed by atoms with E-state index in [4.69, 9.17) is 4.74 Å². The number of aliphatic imine (C=N–C) groups is 1. The van der Waals surface area contributed by atoms with Crippen molar-refractivity contribution in [2.24, 2.45) is 16.0 Å². The van der Waals surface area contributed by atoms with E-state index >= 15 is 0 Å². The van der Waals surface area contributed by atoms with Gasteiger partial charge in [0.15, 0.2) is 0 Å². The van der Waals surface area contributed by atoms with Crippen LogP contribution in [0.2, 0.25) is 0 Å². The number of hydrogen-bond donors (Lipinski definition) is 1. The van der Waals surface area contributed by atoms with Crippen molar-refractivity contribution >= 4 is 23.8 Å². The number of carbonyl (C=O) groups excluding carboxylic acids is 2. The summed E-state index contributed by atoms with van der Waals surface area (Å²) in [7, 11) is 2.78. The average molecular weight is 227 g/mol. The van der Waals surface area contributed by atoms with Crippen molar-refractivity contribution in [3.8, 4) is 0 Å². The molecule has 1 heterocycles. The number of nitrogens with zero attached hydrogens (tertiary/aromatic N) is 2. The van der Waals surface area contributed by atoms with Crippen molar-refractivity contribution in [2.45, 2.75) is 0 Å². The number of hydrogen-bond acceptors (Lipinski definition) is 6. The predicted molar refractivity (Wildman–Crippen MR) is 56.3 cm³/mol. The molecule has 0 bridgehead atoms. The molecule has 0 aromatic carbocycles. The molecule has 0 aromatic rings. The first-order valence-corrected chi connectivity index (χ1v) is 4.61. The van der Waals surface area contributed by atoms with Gasteiger partial charge in [-0.15, -0.1) is 0 Å². The lowest BCUT2D eigenvalue weighted by molar-refractivity contribution is -0.138. The summed E-state index contributed by atoms with van der Waals surface area (Å²) in [6.07, 6.45) is 1.37. The lowest BCUT2D eigenvalue weighted by Gasteiger charge is -2.03. The van der Waals surface area contributed by atoms with Gasteiger partial charge >= 0.3 is 5.97 Å². The van der Waals surface area contributed by atoms with Gasteiger partial charge in [0.1, 0.15) is 12.5 Å². The lowest BCUT2D eigenvalue weighted by atomic mass is 10.1. The largest absolute Gasteiger partial charge is 0.468 e. The van der Waals surface area contributed by atoms with E-state index in [1.807, 2.05) is 0 Å². The fraction of sp³-hybridized carbons (Fsp3) is 0.556. The molecule has 0 unspecified atom stereocenters. The Kier molecular flexibility index (Phi) is 4.59. The maximum atomic E-state index is 11.3. The van der Waals surface area contributed by atoms with Gasteiger partial charge in [0.05, 0.1) is 19.4 Å². The third kappa shape index (κ3) is 3.13. The van der Waals surface area contributed by atoms with Crippen molar-refractivity contribution in [1.29, 1.82) is 0 Å². The Bertz CT molecular complexity index is 338. The highest BCUT2D eigenvalue weighted by Crippen LogP contribution is 2.05. The fourth-order valence-corrected chi connectivity index (χ4v) is 1.14. The molecule has 0 radical (unpaired) electrons. The molecular formula is C9H13N3O4. The van der Waals surface area contributed by atoms with E-state index in [1.54, 1.807) is 0 Å². The Hall–Kier alpha value is -1.76. The van der Waals surface area contributed by atoms with Crippen LogP contribution in [-0.2, 0) is 19.1 Å². The second-order valence-corrected chi connectivity index (χ2v) is 3.06. The van der Waals surface area contributed by atoms with Crippen LogP contribution in [-0.4, -0.2) is 51.2 Å². The van der Waals surface area contributed by atoms with E-state index in [9.17, 15) is 9.59 Å². The van der Waals surface area contributed by atoms with Crippen LogP contribution >= 0.6 is 0 Å².